The zero-order chi connectivity index (χ0) is 14.5. The molecule has 0 spiro atoms. The molecule has 2 rings (SSSR count). The van der Waals surface area contributed by atoms with Crippen molar-refractivity contribution in [3.63, 3.8) is 0 Å². The minimum Gasteiger partial charge on any atom is -0.389 e. The van der Waals surface area contributed by atoms with Crippen molar-refractivity contribution in [1.82, 2.24) is 0 Å². The number of nitrogens with two attached hydrogens (primary N) is 1. The summed E-state index contributed by atoms with van der Waals surface area (Å²) in [5, 5.41) is 11.6. The number of nitriles is 1. The highest BCUT2D eigenvalue weighted by atomic mass is 32.1. The van der Waals surface area contributed by atoms with Gasteiger partial charge in [-0.25, -0.2) is 0 Å². The van der Waals surface area contributed by atoms with Crippen LogP contribution in [0, 0.1) is 11.3 Å². The Kier molecular flexibility index (Phi) is 4.08. The summed E-state index contributed by atoms with van der Waals surface area (Å²) in [4.78, 5) is 12.3. The maximum atomic E-state index is 12.0. The van der Waals surface area contributed by atoms with Crippen LogP contribution in [0.1, 0.15) is 21.5 Å². The van der Waals surface area contributed by atoms with Gasteiger partial charge in [0.1, 0.15) is 4.99 Å². The normalized spacial score (nSPS) is 9.55. The van der Waals surface area contributed by atoms with E-state index in [1.807, 2.05) is 6.07 Å². The fourth-order valence-electron chi connectivity index (χ4n) is 1.65. The van der Waals surface area contributed by atoms with E-state index in [1.165, 1.54) is 0 Å². The highest BCUT2D eigenvalue weighted by Crippen LogP contribution is 2.12. The molecule has 0 atom stereocenters. The zero-order valence-electron chi connectivity index (χ0n) is 10.5. The van der Waals surface area contributed by atoms with Crippen molar-refractivity contribution in [1.29, 1.82) is 5.26 Å². The smallest absolute Gasteiger partial charge is 0.255 e. The van der Waals surface area contributed by atoms with Gasteiger partial charge in [0.05, 0.1) is 11.6 Å². The van der Waals surface area contributed by atoms with Crippen LogP contribution in [0.2, 0.25) is 0 Å². The lowest BCUT2D eigenvalue weighted by Crippen LogP contribution is -2.13. The predicted molar refractivity (Wildman–Crippen MR) is 81.4 cm³/mol. The third-order valence-electron chi connectivity index (χ3n) is 2.68. The molecule has 20 heavy (non-hydrogen) atoms. The van der Waals surface area contributed by atoms with E-state index in [9.17, 15) is 4.79 Å². The van der Waals surface area contributed by atoms with E-state index in [-0.39, 0.29) is 5.91 Å². The second-order valence-electron chi connectivity index (χ2n) is 4.09. The SMILES string of the molecule is N#Cc1cccc(C(=O)Nc2ccc(C(N)=S)cc2)c1. The molecule has 0 radical (unpaired) electrons. The molecule has 4 nitrogen and oxygen atoms in total. The number of rotatable bonds is 3. The topological polar surface area (TPSA) is 78.9 Å². The lowest BCUT2D eigenvalue weighted by molar-refractivity contribution is 0.102. The van der Waals surface area contributed by atoms with Gasteiger partial charge in [-0.2, -0.15) is 5.26 Å². The van der Waals surface area contributed by atoms with E-state index >= 15 is 0 Å². The Balaban J connectivity index is 2.15. The fourth-order valence-corrected chi connectivity index (χ4v) is 1.79. The van der Waals surface area contributed by atoms with Crippen molar-refractivity contribution in [2.75, 3.05) is 5.32 Å². The van der Waals surface area contributed by atoms with Crippen LogP contribution in [-0.2, 0) is 0 Å². The molecule has 2 aromatic rings. The number of benzene rings is 2. The van der Waals surface area contributed by atoms with Gasteiger partial charge in [-0.3, -0.25) is 4.79 Å². The van der Waals surface area contributed by atoms with Gasteiger partial charge in [-0.05, 0) is 42.5 Å². The standard InChI is InChI=1S/C15H11N3OS/c16-9-10-2-1-3-12(8-10)15(19)18-13-6-4-11(5-7-13)14(17)20/h1-8H,(H2,17,20)(H,18,19). The summed E-state index contributed by atoms with van der Waals surface area (Å²) in [6.45, 7) is 0. The molecule has 0 saturated carbocycles. The van der Waals surface area contributed by atoms with Gasteiger partial charge in [-0.15, -0.1) is 0 Å². The van der Waals surface area contributed by atoms with Crippen LogP contribution >= 0.6 is 12.2 Å². The summed E-state index contributed by atoms with van der Waals surface area (Å²) < 4.78 is 0. The van der Waals surface area contributed by atoms with Crippen LogP contribution in [0.15, 0.2) is 48.5 Å². The molecule has 0 aliphatic carbocycles. The van der Waals surface area contributed by atoms with Crippen molar-refractivity contribution < 1.29 is 4.79 Å². The lowest BCUT2D eigenvalue weighted by Gasteiger charge is -2.06. The second kappa shape index (κ2) is 5.95. The van der Waals surface area contributed by atoms with Gasteiger partial charge in [-0.1, -0.05) is 18.3 Å². The van der Waals surface area contributed by atoms with Crippen molar-refractivity contribution >= 4 is 28.8 Å². The number of hydrogen-bond acceptors (Lipinski definition) is 3. The molecule has 3 N–H and O–H groups in total. The molecule has 0 aliphatic rings. The van der Waals surface area contributed by atoms with Gasteiger partial charge in [0.2, 0.25) is 0 Å². The molecule has 98 valence electrons. The number of amides is 1. The van der Waals surface area contributed by atoms with E-state index in [4.69, 9.17) is 23.2 Å². The first-order valence-corrected chi connectivity index (χ1v) is 6.22. The van der Waals surface area contributed by atoms with Crippen LogP contribution in [0.4, 0.5) is 5.69 Å². The Hall–Kier alpha value is -2.71. The molecule has 0 saturated heterocycles. The molecule has 5 heteroatoms. The van der Waals surface area contributed by atoms with E-state index in [2.05, 4.69) is 5.32 Å². The van der Waals surface area contributed by atoms with Gasteiger partial charge >= 0.3 is 0 Å². The Morgan fingerprint density at radius 1 is 1.15 bits per heavy atom. The van der Waals surface area contributed by atoms with Crippen LogP contribution < -0.4 is 11.1 Å². The van der Waals surface area contributed by atoms with Gasteiger partial charge in [0, 0.05) is 16.8 Å². The highest BCUT2D eigenvalue weighted by molar-refractivity contribution is 7.80. The zero-order valence-corrected chi connectivity index (χ0v) is 11.3. The summed E-state index contributed by atoms with van der Waals surface area (Å²) in [6, 6.07) is 15.4. The Bertz CT molecular complexity index is 702. The third kappa shape index (κ3) is 3.19. The Labute approximate surface area is 121 Å². The molecule has 0 bridgehead atoms. The average Bonchev–Trinajstić information content (AvgIpc) is 2.47. The first-order valence-electron chi connectivity index (χ1n) is 5.81. The lowest BCUT2D eigenvalue weighted by atomic mass is 10.1. The highest BCUT2D eigenvalue weighted by Gasteiger charge is 2.07. The number of carbonyl (C=O) groups is 1. The van der Waals surface area contributed by atoms with Crippen LogP contribution in [0.3, 0.4) is 0 Å². The Morgan fingerprint density at radius 3 is 2.45 bits per heavy atom. The van der Waals surface area contributed by atoms with E-state index < -0.39 is 0 Å². The molecule has 0 heterocycles. The molecular weight excluding hydrogens is 270 g/mol. The summed E-state index contributed by atoms with van der Waals surface area (Å²) in [5.41, 5.74) is 7.76. The van der Waals surface area contributed by atoms with E-state index in [1.54, 1.807) is 48.5 Å². The largest absolute Gasteiger partial charge is 0.389 e. The maximum absolute atomic E-state index is 12.0. The third-order valence-corrected chi connectivity index (χ3v) is 2.92. The molecular formula is C15H11N3OS. The predicted octanol–water partition coefficient (Wildman–Crippen LogP) is 2.44. The van der Waals surface area contributed by atoms with E-state index in [0.29, 0.717) is 21.8 Å². The van der Waals surface area contributed by atoms with Crippen molar-refractivity contribution in [2.45, 2.75) is 0 Å². The minimum absolute atomic E-state index is 0.273. The number of thiocarbonyl (C=S) groups is 1. The fraction of sp³-hybridized carbons (Fsp3) is 0. The maximum Gasteiger partial charge on any atom is 0.255 e. The van der Waals surface area contributed by atoms with E-state index in [0.717, 1.165) is 5.56 Å². The average molecular weight is 281 g/mol. The second-order valence-corrected chi connectivity index (χ2v) is 4.53. The minimum atomic E-state index is -0.273. The van der Waals surface area contributed by atoms with Crippen molar-refractivity contribution in [3.05, 3.63) is 65.2 Å². The number of nitrogens with zero attached hydrogens (tertiary/aromatic N) is 1. The van der Waals surface area contributed by atoms with Crippen LogP contribution in [0.5, 0.6) is 0 Å². The van der Waals surface area contributed by atoms with Crippen molar-refractivity contribution in [2.24, 2.45) is 5.73 Å². The van der Waals surface area contributed by atoms with Gasteiger partial charge in [0.25, 0.3) is 5.91 Å². The molecule has 0 fully saturated rings. The first-order chi connectivity index (χ1) is 9.60. The molecule has 2 aromatic carbocycles. The summed E-state index contributed by atoms with van der Waals surface area (Å²) in [7, 11) is 0. The summed E-state index contributed by atoms with van der Waals surface area (Å²) in [5.74, 6) is -0.273. The Morgan fingerprint density at radius 2 is 1.85 bits per heavy atom. The molecule has 0 aliphatic heterocycles. The first kappa shape index (κ1) is 13.7. The van der Waals surface area contributed by atoms with Gasteiger partial charge < -0.3 is 11.1 Å². The van der Waals surface area contributed by atoms with Crippen LogP contribution in [-0.4, -0.2) is 10.9 Å². The van der Waals surface area contributed by atoms with Gasteiger partial charge in [0.15, 0.2) is 0 Å². The molecule has 0 aromatic heterocycles. The number of carbonyl (C=O) groups excluding carboxylic acids is 1. The number of anilines is 1. The van der Waals surface area contributed by atoms with Crippen LogP contribution in [0.25, 0.3) is 0 Å². The molecule has 0 unspecified atom stereocenters. The number of hydrogen-bond donors (Lipinski definition) is 2. The molecule has 1 amide bonds. The van der Waals surface area contributed by atoms with Crippen molar-refractivity contribution in [3.8, 4) is 6.07 Å². The monoisotopic (exact) mass is 281 g/mol. The summed E-state index contributed by atoms with van der Waals surface area (Å²) >= 11 is 4.86. The number of nitrogens with one attached hydrogen (secondary N) is 1. The quantitative estimate of drug-likeness (QED) is 0.847. The summed E-state index contributed by atoms with van der Waals surface area (Å²) in [6.07, 6.45) is 0.